The number of Topliss-reactive ketones (excluding diaryl/α,β-unsaturated/α-hetero) is 2. The van der Waals surface area contributed by atoms with E-state index in [0.717, 1.165) is 24.3 Å². The number of pyridine rings is 2. The van der Waals surface area contributed by atoms with Crippen LogP contribution in [0.1, 0.15) is 85.9 Å². The topological polar surface area (TPSA) is 178 Å². The number of ketones is 2. The highest BCUT2D eigenvalue weighted by atomic mass is 19.1. The molecule has 2 saturated heterocycles. The third kappa shape index (κ3) is 7.76. The monoisotopic (exact) mass is 822 g/mol. The average molecular weight is 823 g/mol. The van der Waals surface area contributed by atoms with Gasteiger partial charge in [0.1, 0.15) is 29.5 Å². The van der Waals surface area contributed by atoms with Gasteiger partial charge in [0.05, 0.1) is 36.9 Å². The molecule has 4 aliphatic rings. The molecule has 4 aliphatic heterocycles. The number of hydrogen-bond donors (Lipinski definition) is 2. The van der Waals surface area contributed by atoms with Crippen molar-refractivity contribution in [2.75, 3.05) is 13.2 Å². The van der Waals surface area contributed by atoms with E-state index in [1.54, 1.807) is 6.92 Å². The summed E-state index contributed by atoms with van der Waals surface area (Å²) in [4.78, 5) is 78.8. The summed E-state index contributed by atoms with van der Waals surface area (Å²) in [5, 5.41) is 20.7. The maximum absolute atomic E-state index is 13.8. The van der Waals surface area contributed by atoms with Crippen LogP contribution in [-0.2, 0) is 35.4 Å². The van der Waals surface area contributed by atoms with Gasteiger partial charge in [0, 0.05) is 50.0 Å². The van der Waals surface area contributed by atoms with E-state index in [-0.39, 0.29) is 84.5 Å². The van der Waals surface area contributed by atoms with E-state index in [9.17, 15) is 56.5 Å². The standard InChI is InChI=1S/C21H20F2N2O5.C20H18F2N2O5/c1-11-6-7-30-17-10-24-9-14(19(27)20(28)18(24)21(29)25(11)17)16(26)5-3-12-2-4-13(22)8-15(12)23;1-10-24-13(9-29-10)7-23-8-14(18(26)19(27)17(23)20(24)28)16(25)5-3-11-2-4-12(21)6-15(11)22/h2,4,8-9,11,17,28H,3,5-7,10H2,1H3;2,4,6,8,10,13,27H,3,5,7,9H2,1H3/t11-,17+;10-,13+/m11/s1. The van der Waals surface area contributed by atoms with Crippen LogP contribution in [-0.4, -0.2) is 90.3 Å². The van der Waals surface area contributed by atoms with Gasteiger partial charge in [-0.05, 0) is 56.4 Å². The van der Waals surface area contributed by atoms with Crippen molar-refractivity contribution in [3.8, 4) is 11.5 Å². The van der Waals surface area contributed by atoms with Gasteiger partial charge in [0.2, 0.25) is 10.9 Å². The number of aromatic nitrogens is 2. The number of amides is 2. The molecule has 59 heavy (non-hydrogen) atoms. The van der Waals surface area contributed by atoms with Gasteiger partial charge in [-0.2, -0.15) is 0 Å². The fourth-order valence-corrected chi connectivity index (χ4v) is 7.82. The molecule has 0 spiro atoms. The minimum Gasteiger partial charge on any atom is -0.503 e. The van der Waals surface area contributed by atoms with Crippen molar-refractivity contribution in [3.63, 3.8) is 0 Å². The number of benzene rings is 2. The quantitative estimate of drug-likeness (QED) is 0.195. The lowest BCUT2D eigenvalue weighted by Crippen LogP contribution is -2.57. The van der Waals surface area contributed by atoms with E-state index in [1.165, 1.54) is 43.5 Å². The number of aromatic hydroxyl groups is 2. The molecule has 0 unspecified atom stereocenters. The Morgan fingerprint density at radius 3 is 1.71 bits per heavy atom. The highest BCUT2D eigenvalue weighted by molar-refractivity contribution is 6.01. The zero-order valence-corrected chi connectivity index (χ0v) is 31.8. The molecule has 0 radical (unpaired) electrons. The molecule has 2 aromatic carbocycles. The molecule has 18 heteroatoms. The summed E-state index contributed by atoms with van der Waals surface area (Å²) in [6.07, 6.45) is 1.64. The fourth-order valence-electron chi connectivity index (χ4n) is 7.82. The predicted molar refractivity (Wildman–Crippen MR) is 198 cm³/mol. The van der Waals surface area contributed by atoms with Gasteiger partial charge in [-0.1, -0.05) is 12.1 Å². The number of hydrogen-bond acceptors (Lipinski definition) is 10. The van der Waals surface area contributed by atoms with Crippen LogP contribution in [0.5, 0.6) is 11.5 Å². The van der Waals surface area contributed by atoms with Crippen LogP contribution in [0.2, 0.25) is 0 Å². The molecule has 8 rings (SSSR count). The SMILES string of the molecule is C[C@@H]1CCO[C@H]2Cn3cc(C(=O)CCc4ccc(F)cc4F)c(=O)c(O)c3C(=O)N12.C[C@H]1OC[C@@H]2Cn3cc(C(=O)CCc4ccc(F)cc4F)c(=O)c(O)c3C(=O)N21. The van der Waals surface area contributed by atoms with Crippen LogP contribution < -0.4 is 10.9 Å². The number of rotatable bonds is 8. The lowest BCUT2D eigenvalue weighted by atomic mass is 10.0. The van der Waals surface area contributed by atoms with Crippen molar-refractivity contribution in [2.45, 2.75) is 83.6 Å². The third-order valence-corrected chi connectivity index (χ3v) is 11.0. The highest BCUT2D eigenvalue weighted by Crippen LogP contribution is 2.31. The number of halogens is 4. The number of aryl methyl sites for hydroxylation is 2. The minimum absolute atomic E-state index is 0.0341. The van der Waals surface area contributed by atoms with Crippen LogP contribution in [0.3, 0.4) is 0 Å². The largest absolute Gasteiger partial charge is 0.503 e. The van der Waals surface area contributed by atoms with Crippen LogP contribution >= 0.6 is 0 Å². The van der Waals surface area contributed by atoms with E-state index in [4.69, 9.17) is 9.47 Å². The molecule has 2 amide bonds. The second-order valence-corrected chi connectivity index (χ2v) is 14.7. The van der Waals surface area contributed by atoms with E-state index in [2.05, 4.69) is 0 Å². The van der Waals surface area contributed by atoms with Gasteiger partial charge < -0.3 is 38.6 Å². The van der Waals surface area contributed by atoms with Crippen LogP contribution in [0.4, 0.5) is 17.6 Å². The zero-order valence-electron chi connectivity index (χ0n) is 31.8. The van der Waals surface area contributed by atoms with Gasteiger partial charge in [-0.15, -0.1) is 0 Å². The molecule has 0 aliphatic carbocycles. The summed E-state index contributed by atoms with van der Waals surface area (Å²) in [6.45, 7) is 4.80. The van der Waals surface area contributed by atoms with E-state index in [0.29, 0.717) is 19.6 Å². The smallest absolute Gasteiger partial charge is 0.276 e. The molecule has 4 atom stereocenters. The molecule has 0 saturated carbocycles. The Morgan fingerprint density at radius 1 is 0.712 bits per heavy atom. The third-order valence-electron chi connectivity index (χ3n) is 11.0. The average Bonchev–Trinajstić information content (AvgIpc) is 3.56. The molecule has 310 valence electrons. The molecule has 2 fully saturated rings. The normalized spacial score (nSPS) is 20.6. The Morgan fingerprint density at radius 2 is 1.20 bits per heavy atom. The summed E-state index contributed by atoms with van der Waals surface area (Å²) in [5.41, 5.74) is -2.51. The Bertz CT molecular complexity index is 2520. The predicted octanol–water partition coefficient (Wildman–Crippen LogP) is 4.09. The second kappa shape index (κ2) is 16.2. The highest BCUT2D eigenvalue weighted by Gasteiger charge is 2.43. The number of ether oxygens (including phenoxy) is 2. The molecule has 6 heterocycles. The van der Waals surface area contributed by atoms with E-state index >= 15 is 0 Å². The summed E-state index contributed by atoms with van der Waals surface area (Å²) in [7, 11) is 0. The summed E-state index contributed by atoms with van der Waals surface area (Å²) in [5.74, 6) is -6.84. The van der Waals surface area contributed by atoms with Crippen molar-refractivity contribution in [1.82, 2.24) is 18.9 Å². The fraction of sp³-hybridized carbons (Fsp3) is 0.366. The first-order chi connectivity index (χ1) is 28.0. The Hall–Kier alpha value is -6.14. The number of carbonyl (C=O) groups excluding carboxylic acids is 4. The van der Waals surface area contributed by atoms with Crippen LogP contribution in [0.25, 0.3) is 0 Å². The van der Waals surface area contributed by atoms with Gasteiger partial charge in [0.25, 0.3) is 11.8 Å². The Kier molecular flexibility index (Phi) is 11.3. The minimum atomic E-state index is -0.944. The van der Waals surface area contributed by atoms with Gasteiger partial charge in [0.15, 0.2) is 40.7 Å². The number of fused-ring (bicyclic) bond motifs is 4. The van der Waals surface area contributed by atoms with Crippen molar-refractivity contribution in [3.05, 3.63) is 126 Å². The van der Waals surface area contributed by atoms with Crippen molar-refractivity contribution in [2.24, 2.45) is 0 Å². The molecule has 2 aromatic heterocycles. The van der Waals surface area contributed by atoms with E-state index in [1.807, 2.05) is 6.92 Å². The summed E-state index contributed by atoms with van der Waals surface area (Å²) in [6, 6.07) is 5.74. The number of carbonyl (C=O) groups is 4. The van der Waals surface area contributed by atoms with E-state index < -0.39 is 81.5 Å². The van der Waals surface area contributed by atoms with Gasteiger partial charge >= 0.3 is 0 Å². The lowest BCUT2D eigenvalue weighted by Gasteiger charge is -2.44. The number of nitrogens with zero attached hydrogens (tertiary/aromatic N) is 4. The summed E-state index contributed by atoms with van der Waals surface area (Å²) < 4.78 is 67.4. The van der Waals surface area contributed by atoms with Crippen LogP contribution in [0, 0.1) is 23.3 Å². The van der Waals surface area contributed by atoms with Gasteiger partial charge in [-0.3, -0.25) is 28.8 Å². The maximum Gasteiger partial charge on any atom is 0.276 e. The first kappa shape index (κ1) is 41.0. The van der Waals surface area contributed by atoms with Crippen molar-refractivity contribution in [1.29, 1.82) is 0 Å². The molecule has 0 bridgehead atoms. The maximum atomic E-state index is 13.8. The zero-order chi connectivity index (χ0) is 42.4. The second-order valence-electron chi connectivity index (χ2n) is 14.7. The Balaban J connectivity index is 0.000000179. The Labute approximate surface area is 332 Å². The molecule has 14 nitrogen and oxygen atoms in total. The van der Waals surface area contributed by atoms with Crippen molar-refractivity contribution >= 4 is 23.4 Å². The molecule has 4 aromatic rings. The first-order valence-corrected chi connectivity index (χ1v) is 18.8. The molecule has 2 N–H and O–H groups in total. The summed E-state index contributed by atoms with van der Waals surface area (Å²) >= 11 is 0. The lowest BCUT2D eigenvalue weighted by molar-refractivity contribution is -0.112. The molecular weight excluding hydrogens is 784 g/mol. The van der Waals surface area contributed by atoms with Crippen molar-refractivity contribution < 1.29 is 56.4 Å². The molecular formula is C41H38F4N4O10. The van der Waals surface area contributed by atoms with Gasteiger partial charge in [-0.25, -0.2) is 17.6 Å². The first-order valence-electron chi connectivity index (χ1n) is 18.8. The van der Waals surface area contributed by atoms with Crippen LogP contribution in [0.15, 0.2) is 58.4 Å².